The smallest absolute Gasteiger partial charge is 0.278 e. The molecule has 0 rings (SSSR count). The number of hydrogen-bond acceptors (Lipinski definition) is 6. The third-order valence-corrected chi connectivity index (χ3v) is 3.95. The maximum absolute atomic E-state index is 11.7. The number of rotatable bonds is 18. The third kappa shape index (κ3) is 17.6. The zero-order chi connectivity index (χ0) is 23.9. The van der Waals surface area contributed by atoms with Crippen LogP contribution in [0.25, 0.3) is 0 Å². The predicted octanol–water partition coefficient (Wildman–Crippen LogP) is 3.77. The van der Waals surface area contributed by atoms with Gasteiger partial charge < -0.3 is 9.47 Å². The molecule has 0 heterocycles. The molecule has 0 bridgehead atoms. The SMILES string of the molecule is C=C(CCC)C(=O)N(NCC)NCC.C=CC(=O)N(COCCCC)COCCCC. The Morgan fingerprint density at radius 1 is 0.871 bits per heavy atom. The minimum absolute atomic E-state index is 0.0736. The van der Waals surface area contributed by atoms with Gasteiger partial charge in [0.05, 0.1) is 0 Å². The van der Waals surface area contributed by atoms with E-state index in [2.05, 4.69) is 37.9 Å². The topological polar surface area (TPSA) is 83.1 Å². The Labute approximate surface area is 190 Å². The average molecular weight is 443 g/mol. The van der Waals surface area contributed by atoms with E-state index in [9.17, 15) is 9.59 Å². The molecule has 0 aromatic heterocycles. The highest BCUT2D eigenvalue weighted by Gasteiger charge is 2.14. The van der Waals surface area contributed by atoms with E-state index in [0.717, 1.165) is 38.5 Å². The van der Waals surface area contributed by atoms with Crippen LogP contribution in [0.3, 0.4) is 0 Å². The summed E-state index contributed by atoms with van der Waals surface area (Å²) in [5.41, 5.74) is 6.50. The number of nitrogens with one attached hydrogen (secondary N) is 2. The van der Waals surface area contributed by atoms with E-state index in [0.29, 0.717) is 31.9 Å². The molecule has 0 aromatic carbocycles. The number of carbonyl (C=O) groups excluding carboxylic acids is 2. The van der Waals surface area contributed by atoms with Crippen molar-refractivity contribution < 1.29 is 19.1 Å². The van der Waals surface area contributed by atoms with Crippen LogP contribution in [0, 0.1) is 0 Å². The lowest BCUT2D eigenvalue weighted by Gasteiger charge is -2.23. The first-order chi connectivity index (χ1) is 14.9. The van der Waals surface area contributed by atoms with E-state index in [1.54, 1.807) is 0 Å². The Morgan fingerprint density at radius 3 is 1.71 bits per heavy atom. The molecule has 0 saturated carbocycles. The molecule has 2 N–H and O–H groups in total. The normalized spacial score (nSPS) is 10.1. The summed E-state index contributed by atoms with van der Waals surface area (Å²) in [5, 5.41) is 1.41. The van der Waals surface area contributed by atoms with Gasteiger partial charge in [0.15, 0.2) is 0 Å². The number of unbranched alkanes of at least 4 members (excludes halogenated alkanes) is 2. The molecule has 0 aliphatic rings. The second kappa shape index (κ2) is 22.9. The van der Waals surface area contributed by atoms with Crippen molar-refractivity contribution in [2.75, 3.05) is 39.8 Å². The number of hydrogen-bond donors (Lipinski definition) is 2. The summed E-state index contributed by atoms with van der Waals surface area (Å²) in [6, 6.07) is 0. The number of carbonyl (C=O) groups is 2. The van der Waals surface area contributed by atoms with Crippen LogP contribution in [0.4, 0.5) is 0 Å². The minimum atomic E-state index is -0.155. The van der Waals surface area contributed by atoms with Gasteiger partial charge in [-0.3, -0.25) is 14.5 Å². The predicted molar refractivity (Wildman–Crippen MR) is 127 cm³/mol. The minimum Gasteiger partial charge on any atom is -0.361 e. The molecule has 8 heteroatoms. The fourth-order valence-electron chi connectivity index (χ4n) is 2.22. The van der Waals surface area contributed by atoms with Gasteiger partial charge in [-0.1, -0.05) is 67.0 Å². The Hall–Kier alpha value is -1.74. The summed E-state index contributed by atoms with van der Waals surface area (Å²) >= 11 is 0. The van der Waals surface area contributed by atoms with E-state index in [1.807, 2.05) is 20.8 Å². The molecule has 0 radical (unpaired) electrons. The molecule has 0 aliphatic heterocycles. The monoisotopic (exact) mass is 442 g/mol. The van der Waals surface area contributed by atoms with E-state index < -0.39 is 0 Å². The van der Waals surface area contributed by atoms with Crippen molar-refractivity contribution in [1.82, 2.24) is 20.9 Å². The van der Waals surface area contributed by atoms with Crippen molar-refractivity contribution in [1.29, 1.82) is 0 Å². The lowest BCUT2D eigenvalue weighted by Crippen LogP contribution is -2.52. The zero-order valence-electron chi connectivity index (χ0n) is 20.5. The van der Waals surface area contributed by atoms with Crippen LogP contribution in [0.15, 0.2) is 24.8 Å². The summed E-state index contributed by atoms with van der Waals surface area (Å²) in [6.07, 6.45) is 7.15. The zero-order valence-corrected chi connectivity index (χ0v) is 20.5. The van der Waals surface area contributed by atoms with Gasteiger partial charge in [-0.05, 0) is 25.3 Å². The summed E-state index contributed by atoms with van der Waals surface area (Å²) in [6.45, 7) is 20.7. The lowest BCUT2D eigenvalue weighted by molar-refractivity contribution is -0.139. The van der Waals surface area contributed by atoms with Crippen LogP contribution in [0.5, 0.6) is 0 Å². The van der Waals surface area contributed by atoms with Gasteiger partial charge in [-0.15, -0.1) is 0 Å². The number of nitrogens with zero attached hydrogens (tertiary/aromatic N) is 2. The highest BCUT2D eigenvalue weighted by molar-refractivity contribution is 5.92. The first-order valence-corrected chi connectivity index (χ1v) is 11.5. The molecule has 0 aliphatic carbocycles. The quantitative estimate of drug-likeness (QED) is 0.146. The molecule has 0 fully saturated rings. The molecule has 31 heavy (non-hydrogen) atoms. The van der Waals surface area contributed by atoms with Crippen LogP contribution in [0.2, 0.25) is 0 Å². The van der Waals surface area contributed by atoms with Crippen molar-refractivity contribution in [3.05, 3.63) is 24.8 Å². The fourth-order valence-corrected chi connectivity index (χ4v) is 2.22. The Kier molecular flexibility index (Phi) is 23.3. The number of amides is 2. The molecule has 0 unspecified atom stereocenters. The van der Waals surface area contributed by atoms with Gasteiger partial charge in [-0.2, -0.15) is 0 Å². The second-order valence-corrected chi connectivity index (χ2v) is 6.88. The van der Waals surface area contributed by atoms with Crippen molar-refractivity contribution in [2.24, 2.45) is 0 Å². The molecule has 0 spiro atoms. The Morgan fingerprint density at radius 2 is 1.35 bits per heavy atom. The van der Waals surface area contributed by atoms with Crippen LogP contribution in [0.1, 0.15) is 73.1 Å². The third-order valence-electron chi connectivity index (χ3n) is 3.95. The van der Waals surface area contributed by atoms with Crippen molar-refractivity contribution >= 4 is 11.8 Å². The van der Waals surface area contributed by atoms with Crippen molar-refractivity contribution in [3.8, 4) is 0 Å². The number of hydrazine groups is 2. The van der Waals surface area contributed by atoms with Crippen LogP contribution < -0.4 is 10.9 Å². The van der Waals surface area contributed by atoms with E-state index in [4.69, 9.17) is 9.47 Å². The molecule has 0 aromatic rings. The van der Waals surface area contributed by atoms with Gasteiger partial charge >= 0.3 is 0 Å². The standard InChI is InChI=1S/C13H25NO3.C10H21N3O/c1-4-7-9-16-11-14(13(15)6-3)12-17-10-8-5-2;1-5-8-9(4)10(14)13(11-6-2)12-7-3/h6H,3-5,7-12H2,1-2H3;11-12H,4-8H2,1-3H3. The fraction of sp³-hybridized carbons (Fsp3) is 0.739. The Balaban J connectivity index is 0. The molecule has 8 nitrogen and oxygen atoms in total. The highest BCUT2D eigenvalue weighted by Crippen LogP contribution is 2.04. The Bertz CT molecular complexity index is 468. The van der Waals surface area contributed by atoms with Crippen LogP contribution in [-0.2, 0) is 19.1 Å². The summed E-state index contributed by atoms with van der Waals surface area (Å²) in [4.78, 5) is 24.7. The molecular formula is C23H46N4O4. The maximum Gasteiger partial charge on any atom is 0.278 e. The van der Waals surface area contributed by atoms with Gasteiger partial charge in [-0.25, -0.2) is 16.0 Å². The molecule has 2 amide bonds. The molecular weight excluding hydrogens is 396 g/mol. The average Bonchev–Trinajstić information content (AvgIpc) is 2.77. The van der Waals surface area contributed by atoms with Crippen molar-refractivity contribution in [2.45, 2.75) is 73.1 Å². The van der Waals surface area contributed by atoms with E-state index >= 15 is 0 Å². The van der Waals surface area contributed by atoms with Gasteiger partial charge in [0.25, 0.3) is 5.91 Å². The number of ether oxygens (including phenoxy) is 2. The van der Waals surface area contributed by atoms with E-state index in [-0.39, 0.29) is 25.3 Å². The first kappa shape index (κ1) is 31.4. The van der Waals surface area contributed by atoms with E-state index in [1.165, 1.54) is 16.1 Å². The largest absolute Gasteiger partial charge is 0.361 e. The first-order valence-electron chi connectivity index (χ1n) is 11.5. The second-order valence-electron chi connectivity index (χ2n) is 6.88. The molecule has 0 atom stereocenters. The van der Waals surface area contributed by atoms with Crippen LogP contribution >= 0.6 is 0 Å². The summed E-state index contributed by atoms with van der Waals surface area (Å²) < 4.78 is 10.8. The van der Waals surface area contributed by atoms with Gasteiger partial charge in [0.2, 0.25) is 5.91 Å². The van der Waals surface area contributed by atoms with Crippen molar-refractivity contribution in [3.63, 3.8) is 0 Å². The maximum atomic E-state index is 11.7. The molecule has 182 valence electrons. The van der Waals surface area contributed by atoms with Crippen LogP contribution in [-0.4, -0.2) is 61.6 Å². The lowest BCUT2D eigenvalue weighted by atomic mass is 10.2. The summed E-state index contributed by atoms with van der Waals surface area (Å²) in [5.74, 6) is -0.228. The van der Waals surface area contributed by atoms with Gasteiger partial charge in [0, 0.05) is 31.9 Å². The highest BCUT2D eigenvalue weighted by atomic mass is 16.5. The van der Waals surface area contributed by atoms with Gasteiger partial charge in [0.1, 0.15) is 13.5 Å². The molecule has 0 saturated heterocycles. The summed E-state index contributed by atoms with van der Waals surface area (Å²) in [7, 11) is 0.